The Kier molecular flexibility index (Phi) is 1.48. The minimum absolute atomic E-state index is 0.0289. The zero-order valence-electron chi connectivity index (χ0n) is 6.78. The molecule has 0 bridgehead atoms. The Bertz CT molecular complexity index is 347. The summed E-state index contributed by atoms with van der Waals surface area (Å²) in [5.41, 5.74) is -1.08. The molecule has 0 aliphatic heterocycles. The molecule has 1 saturated carbocycles. The van der Waals surface area contributed by atoms with E-state index in [2.05, 4.69) is 9.97 Å². The van der Waals surface area contributed by atoms with Gasteiger partial charge in [-0.15, -0.1) is 0 Å². The first-order valence-electron chi connectivity index (χ1n) is 3.90. The third-order valence-electron chi connectivity index (χ3n) is 2.36. The molecule has 1 heterocycles. The van der Waals surface area contributed by atoms with Crippen LogP contribution >= 0.6 is 0 Å². The summed E-state index contributed by atoms with van der Waals surface area (Å²) < 4.78 is 0. The van der Waals surface area contributed by atoms with E-state index in [1.54, 1.807) is 6.20 Å². The van der Waals surface area contributed by atoms with Crippen LogP contribution in [-0.4, -0.2) is 26.8 Å². The molecule has 68 valence electrons. The largest absolute Gasteiger partial charge is 0.480 e. The number of ketones is 1. The topological polar surface area (TPSA) is 83.1 Å². The SMILES string of the molecule is O=C1CC(C(=O)O)(c2ncc[nH]2)C1. The number of carbonyl (C=O) groups excluding carboxylic acids is 1. The number of H-pyrrole nitrogens is 1. The van der Waals surface area contributed by atoms with E-state index in [4.69, 9.17) is 5.11 Å². The van der Waals surface area contributed by atoms with Crippen molar-refractivity contribution in [2.75, 3.05) is 0 Å². The van der Waals surface area contributed by atoms with E-state index in [1.807, 2.05) is 0 Å². The quantitative estimate of drug-likeness (QED) is 0.675. The van der Waals surface area contributed by atoms with Gasteiger partial charge in [-0.2, -0.15) is 0 Å². The van der Waals surface area contributed by atoms with Gasteiger partial charge in [0, 0.05) is 25.2 Å². The predicted molar refractivity (Wildman–Crippen MR) is 42.1 cm³/mol. The van der Waals surface area contributed by atoms with Crippen molar-refractivity contribution in [1.29, 1.82) is 0 Å². The number of hydrogen-bond acceptors (Lipinski definition) is 3. The second-order valence-electron chi connectivity index (χ2n) is 3.22. The summed E-state index contributed by atoms with van der Waals surface area (Å²) in [6.45, 7) is 0. The van der Waals surface area contributed by atoms with Crippen LogP contribution < -0.4 is 0 Å². The maximum atomic E-state index is 10.9. The smallest absolute Gasteiger partial charge is 0.318 e. The van der Waals surface area contributed by atoms with E-state index < -0.39 is 11.4 Å². The summed E-state index contributed by atoms with van der Waals surface area (Å²) in [6.07, 6.45) is 3.15. The second-order valence-corrected chi connectivity index (χ2v) is 3.22. The van der Waals surface area contributed by atoms with Crippen LogP contribution in [0.25, 0.3) is 0 Å². The van der Waals surface area contributed by atoms with Crippen LogP contribution in [0.1, 0.15) is 18.7 Å². The molecule has 13 heavy (non-hydrogen) atoms. The monoisotopic (exact) mass is 180 g/mol. The van der Waals surface area contributed by atoms with Crippen LogP contribution in [-0.2, 0) is 15.0 Å². The third kappa shape index (κ3) is 0.965. The van der Waals surface area contributed by atoms with Crippen molar-refractivity contribution >= 4 is 11.8 Å². The number of Topliss-reactive ketones (excluding diaryl/α,β-unsaturated/α-hetero) is 1. The number of hydrogen-bond donors (Lipinski definition) is 2. The molecular formula is C8H8N2O3. The average Bonchev–Trinajstić information content (AvgIpc) is 2.49. The Balaban J connectivity index is 2.37. The summed E-state index contributed by atoms with van der Waals surface area (Å²) in [7, 11) is 0. The summed E-state index contributed by atoms with van der Waals surface area (Å²) >= 11 is 0. The zero-order valence-corrected chi connectivity index (χ0v) is 6.78. The number of nitrogens with one attached hydrogen (secondary N) is 1. The maximum absolute atomic E-state index is 10.9. The first-order valence-corrected chi connectivity index (χ1v) is 3.90. The molecule has 5 nitrogen and oxygen atoms in total. The highest BCUT2D eigenvalue weighted by atomic mass is 16.4. The van der Waals surface area contributed by atoms with Crippen molar-refractivity contribution < 1.29 is 14.7 Å². The lowest BCUT2D eigenvalue weighted by atomic mass is 9.67. The predicted octanol–water partition coefficient (Wildman–Crippen LogP) is 0.0950. The molecule has 2 N–H and O–H groups in total. The van der Waals surface area contributed by atoms with Gasteiger partial charge in [-0.1, -0.05) is 0 Å². The second kappa shape index (κ2) is 2.42. The number of nitrogens with zero attached hydrogens (tertiary/aromatic N) is 1. The summed E-state index contributed by atoms with van der Waals surface area (Å²) in [4.78, 5) is 28.4. The molecule has 0 unspecified atom stereocenters. The number of carboxylic acid groups (broad SMARTS) is 1. The first kappa shape index (κ1) is 7.97. The minimum Gasteiger partial charge on any atom is -0.480 e. The van der Waals surface area contributed by atoms with E-state index >= 15 is 0 Å². The normalized spacial score (nSPS) is 19.5. The zero-order chi connectivity index (χ0) is 9.47. The third-order valence-corrected chi connectivity index (χ3v) is 2.36. The van der Waals surface area contributed by atoms with Gasteiger partial charge in [0.1, 0.15) is 17.0 Å². The minimum atomic E-state index is -1.08. The van der Waals surface area contributed by atoms with Crippen LogP contribution in [0.3, 0.4) is 0 Å². The fourth-order valence-corrected chi connectivity index (χ4v) is 1.57. The van der Waals surface area contributed by atoms with Crippen molar-refractivity contribution in [1.82, 2.24) is 9.97 Å². The van der Waals surface area contributed by atoms with Crippen LogP contribution in [0.4, 0.5) is 0 Å². The standard InChI is InChI=1S/C8H8N2O3/c11-5-3-8(4-5,7(12)13)6-9-1-2-10-6/h1-2H,3-4H2,(H,9,10)(H,12,13). The number of aromatic amines is 1. The number of carboxylic acids is 1. The van der Waals surface area contributed by atoms with Crippen molar-refractivity contribution in [3.05, 3.63) is 18.2 Å². The first-order chi connectivity index (χ1) is 6.15. The molecule has 2 rings (SSSR count). The molecule has 0 amide bonds. The van der Waals surface area contributed by atoms with E-state index in [0.29, 0.717) is 5.82 Å². The fraction of sp³-hybridized carbons (Fsp3) is 0.375. The molecule has 1 aliphatic carbocycles. The summed E-state index contributed by atoms with van der Waals surface area (Å²) in [6, 6.07) is 0. The number of aromatic nitrogens is 2. The Labute approximate surface area is 73.8 Å². The molecule has 1 fully saturated rings. The van der Waals surface area contributed by atoms with Gasteiger partial charge < -0.3 is 10.1 Å². The summed E-state index contributed by atoms with van der Waals surface area (Å²) in [5, 5.41) is 8.96. The van der Waals surface area contributed by atoms with Gasteiger partial charge in [-0.3, -0.25) is 9.59 Å². The Morgan fingerprint density at radius 1 is 1.62 bits per heavy atom. The molecule has 1 aliphatic rings. The van der Waals surface area contributed by atoms with E-state index in [0.717, 1.165) is 0 Å². The van der Waals surface area contributed by atoms with Crippen LogP contribution in [0.5, 0.6) is 0 Å². The highest BCUT2D eigenvalue weighted by Gasteiger charge is 2.53. The summed E-state index contributed by atoms with van der Waals surface area (Å²) in [5.74, 6) is -0.638. The number of imidazole rings is 1. The molecule has 0 atom stereocenters. The highest BCUT2D eigenvalue weighted by molar-refractivity contribution is 6.00. The lowest BCUT2D eigenvalue weighted by Crippen LogP contribution is -2.49. The molecule has 1 aromatic heterocycles. The van der Waals surface area contributed by atoms with E-state index in [9.17, 15) is 9.59 Å². The van der Waals surface area contributed by atoms with E-state index in [1.165, 1.54) is 6.20 Å². The highest BCUT2D eigenvalue weighted by Crippen LogP contribution is 2.39. The van der Waals surface area contributed by atoms with Gasteiger partial charge in [0.2, 0.25) is 0 Å². The average molecular weight is 180 g/mol. The Hall–Kier alpha value is -1.65. The molecule has 0 aromatic carbocycles. The number of aliphatic carboxylic acids is 1. The van der Waals surface area contributed by atoms with Gasteiger partial charge in [-0.25, -0.2) is 4.98 Å². The lowest BCUT2D eigenvalue weighted by Gasteiger charge is -2.33. The van der Waals surface area contributed by atoms with Gasteiger partial charge in [0.05, 0.1) is 0 Å². The number of carbonyl (C=O) groups is 2. The molecular weight excluding hydrogens is 172 g/mol. The van der Waals surface area contributed by atoms with Gasteiger partial charge >= 0.3 is 5.97 Å². The maximum Gasteiger partial charge on any atom is 0.318 e. The van der Waals surface area contributed by atoms with Crippen molar-refractivity contribution in [3.8, 4) is 0 Å². The number of rotatable bonds is 2. The van der Waals surface area contributed by atoms with Crippen molar-refractivity contribution in [3.63, 3.8) is 0 Å². The fourth-order valence-electron chi connectivity index (χ4n) is 1.57. The van der Waals surface area contributed by atoms with Gasteiger partial charge in [-0.05, 0) is 0 Å². The Morgan fingerprint density at radius 3 is 2.69 bits per heavy atom. The molecule has 0 radical (unpaired) electrons. The van der Waals surface area contributed by atoms with E-state index in [-0.39, 0.29) is 18.6 Å². The van der Waals surface area contributed by atoms with Gasteiger partial charge in [0.15, 0.2) is 0 Å². The lowest BCUT2D eigenvalue weighted by molar-refractivity contribution is -0.153. The van der Waals surface area contributed by atoms with Crippen molar-refractivity contribution in [2.24, 2.45) is 0 Å². The van der Waals surface area contributed by atoms with Crippen LogP contribution in [0.2, 0.25) is 0 Å². The van der Waals surface area contributed by atoms with Crippen LogP contribution in [0, 0.1) is 0 Å². The van der Waals surface area contributed by atoms with Gasteiger partial charge in [0.25, 0.3) is 0 Å². The molecule has 0 saturated heterocycles. The molecule has 0 spiro atoms. The van der Waals surface area contributed by atoms with Crippen molar-refractivity contribution in [2.45, 2.75) is 18.3 Å². The molecule has 5 heteroatoms. The Morgan fingerprint density at radius 2 is 2.31 bits per heavy atom. The van der Waals surface area contributed by atoms with Crippen LogP contribution in [0.15, 0.2) is 12.4 Å². The molecule has 1 aromatic rings.